The van der Waals surface area contributed by atoms with Crippen LogP contribution < -0.4 is 0 Å². The van der Waals surface area contributed by atoms with Gasteiger partial charge >= 0.3 is 0 Å². The first-order valence-corrected chi connectivity index (χ1v) is 8.37. The zero-order valence-corrected chi connectivity index (χ0v) is 15.5. The van der Waals surface area contributed by atoms with Crippen LogP contribution in [0.3, 0.4) is 0 Å². The Labute approximate surface area is 152 Å². The van der Waals surface area contributed by atoms with Crippen molar-refractivity contribution in [2.45, 2.75) is 39.5 Å². The predicted octanol–water partition coefficient (Wildman–Crippen LogP) is 6.90. The van der Waals surface area contributed by atoms with E-state index in [1.54, 1.807) is 6.08 Å². The molecule has 0 aromatic heterocycles. The highest BCUT2D eigenvalue weighted by Crippen LogP contribution is 2.28. The Bertz CT molecular complexity index is 654. The van der Waals surface area contributed by atoms with E-state index in [0.717, 1.165) is 36.8 Å². The number of halogens is 1. The first-order chi connectivity index (χ1) is 11.9. The second kappa shape index (κ2) is 12.0. The molecule has 0 unspecified atom stereocenters. The van der Waals surface area contributed by atoms with Crippen LogP contribution in [0.5, 0.6) is 0 Å². The molecular formula is C23H29FO. The van der Waals surface area contributed by atoms with Crippen molar-refractivity contribution in [1.29, 1.82) is 0 Å². The quantitative estimate of drug-likeness (QED) is 0.439. The number of hydrogen-bond donors (Lipinski definition) is 0. The average molecular weight is 340 g/mol. The summed E-state index contributed by atoms with van der Waals surface area (Å²) in [6, 6.07) is 0. The number of rotatable bonds is 8. The van der Waals surface area contributed by atoms with Crippen LogP contribution >= 0.6 is 0 Å². The number of hydrogen-bond acceptors (Lipinski definition) is 1. The maximum Gasteiger partial charge on any atom is 0.130 e. The Balaban J connectivity index is 0.00000277. The zero-order chi connectivity index (χ0) is 19.4. The van der Waals surface area contributed by atoms with E-state index < -0.39 is 5.83 Å². The van der Waals surface area contributed by atoms with E-state index in [1.807, 2.05) is 25.9 Å². The molecule has 0 heterocycles. The van der Waals surface area contributed by atoms with Gasteiger partial charge in [-0.15, -0.1) is 0 Å². The third kappa shape index (κ3) is 7.75. The predicted molar refractivity (Wildman–Crippen MR) is 108 cm³/mol. The summed E-state index contributed by atoms with van der Waals surface area (Å²) in [4.78, 5) is 8.00. The molecule has 0 aromatic carbocycles. The molecule has 0 bridgehead atoms. The summed E-state index contributed by atoms with van der Waals surface area (Å²) in [5, 5.41) is 0. The van der Waals surface area contributed by atoms with Crippen molar-refractivity contribution in [3.05, 3.63) is 96.0 Å². The van der Waals surface area contributed by atoms with Crippen LogP contribution in [0.1, 0.15) is 39.5 Å². The Morgan fingerprint density at radius 2 is 1.72 bits per heavy atom. The number of allylic oxidation sites excluding steroid dienone is 12. The Hall–Kier alpha value is -2.48. The summed E-state index contributed by atoms with van der Waals surface area (Å²) in [7, 11) is 0. The lowest BCUT2D eigenvalue weighted by molar-refractivity contribution is -0.0979. The maximum absolute atomic E-state index is 14.3. The molecule has 0 saturated heterocycles. The molecule has 0 N–H and O–H groups in total. The lowest BCUT2D eigenvalue weighted by Crippen LogP contribution is -1.95. The third-order valence-corrected chi connectivity index (χ3v) is 4.05. The molecule has 0 spiro atoms. The molecule has 1 aliphatic carbocycles. The van der Waals surface area contributed by atoms with Crippen LogP contribution in [0.15, 0.2) is 96.0 Å². The van der Waals surface area contributed by atoms with E-state index in [9.17, 15) is 4.39 Å². The topological polar surface area (TPSA) is 17.1 Å². The van der Waals surface area contributed by atoms with Gasteiger partial charge in [0.15, 0.2) is 0 Å². The fraction of sp³-hybridized carbons (Fsp3) is 0.261. The molecular weight excluding hydrogens is 311 g/mol. The molecule has 0 aromatic rings. The van der Waals surface area contributed by atoms with Gasteiger partial charge in [0, 0.05) is 5.57 Å². The van der Waals surface area contributed by atoms with Gasteiger partial charge in [-0.05, 0) is 48.5 Å². The second-order valence-electron chi connectivity index (χ2n) is 5.74. The van der Waals surface area contributed by atoms with Gasteiger partial charge in [0.05, 0.1) is 0 Å². The van der Waals surface area contributed by atoms with Gasteiger partial charge in [-0.1, -0.05) is 75.6 Å². The first kappa shape index (κ1) is 22.5. The maximum atomic E-state index is 14.3. The van der Waals surface area contributed by atoms with Crippen molar-refractivity contribution >= 4 is 6.79 Å². The number of carbonyl (C=O) groups is 1. The molecule has 134 valence electrons. The van der Waals surface area contributed by atoms with Gasteiger partial charge in [0.2, 0.25) is 0 Å². The highest BCUT2D eigenvalue weighted by Gasteiger charge is 2.10. The molecule has 1 aliphatic rings. The molecule has 1 rings (SSSR count). The van der Waals surface area contributed by atoms with Crippen molar-refractivity contribution in [2.75, 3.05) is 0 Å². The third-order valence-electron chi connectivity index (χ3n) is 4.05. The summed E-state index contributed by atoms with van der Waals surface area (Å²) in [5.74, 6) is -0.391. The highest BCUT2D eigenvalue weighted by atomic mass is 19.1. The van der Waals surface area contributed by atoms with Crippen molar-refractivity contribution in [3.63, 3.8) is 0 Å². The monoisotopic (exact) mass is 340 g/mol. The standard InChI is InChI=1S/C22H27F.CH2O/c1-7-16(3)9-10-17(4)19(6)22(23)15-18(5)21-13-11-20(8-2)12-14-21;1-2/h9-11,13,15H,3-8,12,14H2,1-2H3;1H2/b10-9-,22-15+;. The van der Waals surface area contributed by atoms with E-state index in [1.165, 1.54) is 11.6 Å². The summed E-state index contributed by atoms with van der Waals surface area (Å²) in [6.07, 6.45) is 13.0. The van der Waals surface area contributed by atoms with Crippen LogP contribution in [0.25, 0.3) is 0 Å². The van der Waals surface area contributed by atoms with Crippen molar-refractivity contribution in [3.8, 4) is 0 Å². The molecule has 0 amide bonds. The Morgan fingerprint density at radius 3 is 2.20 bits per heavy atom. The van der Waals surface area contributed by atoms with Gasteiger partial charge in [-0.25, -0.2) is 4.39 Å². The molecule has 0 aliphatic heterocycles. The summed E-state index contributed by atoms with van der Waals surface area (Å²) >= 11 is 0. The molecule has 2 heteroatoms. The van der Waals surface area contributed by atoms with Crippen LogP contribution in [0.2, 0.25) is 0 Å². The van der Waals surface area contributed by atoms with Crippen molar-refractivity contribution in [2.24, 2.45) is 0 Å². The summed E-state index contributed by atoms with van der Waals surface area (Å²) in [5.41, 5.74) is 5.00. The minimum absolute atomic E-state index is 0.285. The molecule has 0 saturated carbocycles. The normalized spacial score (nSPS) is 14.1. The van der Waals surface area contributed by atoms with Gasteiger partial charge in [-0.3, -0.25) is 0 Å². The average Bonchev–Trinajstić information content (AvgIpc) is 2.66. The van der Waals surface area contributed by atoms with Gasteiger partial charge in [0.25, 0.3) is 0 Å². The van der Waals surface area contributed by atoms with Crippen molar-refractivity contribution < 1.29 is 9.18 Å². The molecule has 0 atom stereocenters. The lowest BCUT2D eigenvalue weighted by Gasteiger charge is -2.14. The smallest absolute Gasteiger partial charge is 0.130 e. The Kier molecular flexibility index (Phi) is 10.8. The molecule has 0 fully saturated rings. The minimum Gasteiger partial charge on any atom is -0.307 e. The van der Waals surface area contributed by atoms with E-state index in [0.29, 0.717) is 11.1 Å². The second-order valence-corrected chi connectivity index (χ2v) is 5.74. The van der Waals surface area contributed by atoms with Gasteiger partial charge in [-0.2, -0.15) is 0 Å². The molecule has 0 radical (unpaired) electrons. The van der Waals surface area contributed by atoms with Crippen LogP contribution in [0, 0.1) is 0 Å². The van der Waals surface area contributed by atoms with Crippen LogP contribution in [-0.4, -0.2) is 6.79 Å². The SMILES string of the molecule is C=C(/C=C\C(=C)C(=C)/C(F)=C\C(=C)C1=CC=C(CC)CC1)CC.C=O. The lowest BCUT2D eigenvalue weighted by atomic mass is 9.92. The minimum atomic E-state index is -0.391. The summed E-state index contributed by atoms with van der Waals surface area (Å²) in [6.45, 7) is 21.7. The van der Waals surface area contributed by atoms with E-state index in [4.69, 9.17) is 4.79 Å². The highest BCUT2D eigenvalue weighted by molar-refractivity contribution is 5.52. The van der Waals surface area contributed by atoms with Gasteiger partial charge in [0.1, 0.15) is 12.6 Å². The van der Waals surface area contributed by atoms with Gasteiger partial charge < -0.3 is 4.79 Å². The fourth-order valence-corrected chi connectivity index (χ4v) is 2.17. The van der Waals surface area contributed by atoms with E-state index in [2.05, 4.69) is 39.3 Å². The van der Waals surface area contributed by atoms with Crippen LogP contribution in [-0.2, 0) is 4.79 Å². The number of carbonyl (C=O) groups excluding carboxylic acids is 1. The fourth-order valence-electron chi connectivity index (χ4n) is 2.17. The zero-order valence-electron chi connectivity index (χ0n) is 15.5. The summed E-state index contributed by atoms with van der Waals surface area (Å²) < 4.78 is 14.3. The molecule has 25 heavy (non-hydrogen) atoms. The van der Waals surface area contributed by atoms with E-state index >= 15 is 0 Å². The first-order valence-electron chi connectivity index (χ1n) is 8.37. The Morgan fingerprint density at radius 1 is 1.08 bits per heavy atom. The van der Waals surface area contributed by atoms with E-state index in [-0.39, 0.29) is 5.57 Å². The largest absolute Gasteiger partial charge is 0.307 e. The van der Waals surface area contributed by atoms with Crippen molar-refractivity contribution in [1.82, 2.24) is 0 Å². The van der Waals surface area contributed by atoms with Crippen LogP contribution in [0.4, 0.5) is 4.39 Å². The molecule has 1 nitrogen and oxygen atoms in total.